The number of pyridine rings is 1. The Morgan fingerprint density at radius 2 is 2.06 bits per heavy atom. The second kappa shape index (κ2) is 4.18. The first-order valence-corrected chi connectivity index (χ1v) is 4.82. The molecule has 0 saturated heterocycles. The van der Waals surface area contributed by atoms with Crippen LogP contribution in [-0.4, -0.2) is 4.98 Å². The Morgan fingerprint density at radius 1 is 1.25 bits per heavy atom. The van der Waals surface area contributed by atoms with Crippen LogP contribution in [0.15, 0.2) is 36.4 Å². The minimum Gasteiger partial charge on any atom is -0.437 e. The van der Waals surface area contributed by atoms with E-state index >= 15 is 0 Å². The van der Waals surface area contributed by atoms with E-state index in [4.69, 9.17) is 10.5 Å². The van der Waals surface area contributed by atoms with E-state index in [0.29, 0.717) is 11.6 Å². The fourth-order valence-electron chi connectivity index (χ4n) is 1.28. The smallest absolute Gasteiger partial charge is 0.219 e. The Labute approximate surface area is 92.7 Å². The number of rotatable bonds is 2. The zero-order chi connectivity index (χ0) is 11.5. The average molecular weight is 218 g/mol. The molecular formula is C12H11FN2O. The number of halogens is 1. The third-order valence-corrected chi connectivity index (χ3v) is 2.05. The molecule has 0 aliphatic heterocycles. The highest BCUT2D eigenvalue weighted by atomic mass is 19.1. The van der Waals surface area contributed by atoms with Gasteiger partial charge >= 0.3 is 0 Å². The molecule has 0 aliphatic rings. The SMILES string of the molecule is Cc1cccc(Oc2cc(F)ccc2N)n1. The number of nitrogen functional groups attached to an aromatic ring is 1. The third kappa shape index (κ3) is 2.28. The van der Waals surface area contributed by atoms with Crippen LogP contribution in [0.25, 0.3) is 0 Å². The molecule has 0 aliphatic carbocycles. The molecule has 0 spiro atoms. The van der Waals surface area contributed by atoms with E-state index in [1.165, 1.54) is 18.2 Å². The molecule has 0 unspecified atom stereocenters. The molecule has 0 amide bonds. The summed E-state index contributed by atoms with van der Waals surface area (Å²) in [7, 11) is 0. The topological polar surface area (TPSA) is 48.1 Å². The van der Waals surface area contributed by atoms with Crippen molar-refractivity contribution in [2.75, 3.05) is 5.73 Å². The van der Waals surface area contributed by atoms with Gasteiger partial charge in [-0.2, -0.15) is 0 Å². The summed E-state index contributed by atoms with van der Waals surface area (Å²) in [5.74, 6) is 0.284. The maximum atomic E-state index is 13.0. The van der Waals surface area contributed by atoms with Crippen molar-refractivity contribution in [3.05, 3.63) is 47.9 Å². The summed E-state index contributed by atoms with van der Waals surface area (Å²) in [6, 6.07) is 9.33. The molecule has 2 aromatic rings. The molecule has 16 heavy (non-hydrogen) atoms. The molecule has 0 bridgehead atoms. The summed E-state index contributed by atoms with van der Waals surface area (Å²) < 4.78 is 18.4. The lowest BCUT2D eigenvalue weighted by molar-refractivity contribution is 0.459. The van der Waals surface area contributed by atoms with Crippen molar-refractivity contribution in [3.8, 4) is 11.6 Å². The van der Waals surface area contributed by atoms with Crippen LogP contribution in [-0.2, 0) is 0 Å². The van der Waals surface area contributed by atoms with E-state index in [1.807, 2.05) is 19.1 Å². The highest BCUT2D eigenvalue weighted by molar-refractivity contribution is 5.53. The van der Waals surface area contributed by atoms with Crippen molar-refractivity contribution in [1.29, 1.82) is 0 Å². The van der Waals surface area contributed by atoms with Crippen LogP contribution in [0.1, 0.15) is 5.69 Å². The zero-order valence-electron chi connectivity index (χ0n) is 8.77. The van der Waals surface area contributed by atoms with E-state index in [1.54, 1.807) is 6.07 Å². The quantitative estimate of drug-likeness (QED) is 0.788. The summed E-state index contributed by atoms with van der Waals surface area (Å²) in [6.45, 7) is 1.85. The molecule has 0 saturated carbocycles. The number of ether oxygens (including phenoxy) is 1. The Balaban J connectivity index is 2.30. The summed E-state index contributed by atoms with van der Waals surface area (Å²) >= 11 is 0. The number of nitrogens with two attached hydrogens (primary N) is 1. The number of aromatic nitrogens is 1. The second-order valence-corrected chi connectivity index (χ2v) is 3.40. The van der Waals surface area contributed by atoms with E-state index in [2.05, 4.69) is 4.98 Å². The first kappa shape index (κ1) is 10.4. The maximum Gasteiger partial charge on any atom is 0.219 e. The lowest BCUT2D eigenvalue weighted by atomic mass is 10.3. The zero-order valence-corrected chi connectivity index (χ0v) is 8.77. The van der Waals surface area contributed by atoms with Gasteiger partial charge in [-0.3, -0.25) is 0 Å². The predicted molar refractivity (Wildman–Crippen MR) is 59.9 cm³/mol. The highest BCUT2D eigenvalue weighted by Gasteiger charge is 2.04. The monoisotopic (exact) mass is 218 g/mol. The number of hydrogen-bond acceptors (Lipinski definition) is 3. The Morgan fingerprint density at radius 3 is 2.81 bits per heavy atom. The Bertz CT molecular complexity index is 514. The number of nitrogens with zero attached hydrogens (tertiary/aromatic N) is 1. The van der Waals surface area contributed by atoms with Gasteiger partial charge in [-0.05, 0) is 25.1 Å². The van der Waals surface area contributed by atoms with Gasteiger partial charge in [0.1, 0.15) is 5.82 Å². The second-order valence-electron chi connectivity index (χ2n) is 3.40. The number of hydrogen-bond donors (Lipinski definition) is 1. The van der Waals surface area contributed by atoms with Crippen molar-refractivity contribution in [3.63, 3.8) is 0 Å². The van der Waals surface area contributed by atoms with Crippen molar-refractivity contribution in [1.82, 2.24) is 4.98 Å². The number of anilines is 1. The molecule has 0 radical (unpaired) electrons. The van der Waals surface area contributed by atoms with Crippen molar-refractivity contribution in [2.24, 2.45) is 0 Å². The van der Waals surface area contributed by atoms with Gasteiger partial charge in [0.25, 0.3) is 0 Å². The lowest BCUT2D eigenvalue weighted by Gasteiger charge is -2.07. The summed E-state index contributed by atoms with van der Waals surface area (Å²) in [4.78, 5) is 4.14. The Kier molecular flexibility index (Phi) is 2.72. The highest BCUT2D eigenvalue weighted by Crippen LogP contribution is 2.26. The molecule has 1 heterocycles. The van der Waals surface area contributed by atoms with Gasteiger partial charge in [-0.1, -0.05) is 6.07 Å². The van der Waals surface area contributed by atoms with Crippen LogP contribution >= 0.6 is 0 Å². The van der Waals surface area contributed by atoms with Crippen LogP contribution in [0.2, 0.25) is 0 Å². The van der Waals surface area contributed by atoms with Gasteiger partial charge in [0, 0.05) is 17.8 Å². The first-order valence-electron chi connectivity index (χ1n) is 4.82. The standard InChI is InChI=1S/C12H11FN2O/c1-8-3-2-4-12(15-8)16-11-7-9(13)5-6-10(11)14/h2-7H,14H2,1H3. The van der Waals surface area contributed by atoms with Crippen molar-refractivity contribution >= 4 is 5.69 Å². The summed E-state index contributed by atoms with van der Waals surface area (Å²) in [5, 5.41) is 0. The molecule has 2 N–H and O–H groups in total. The van der Waals surface area contributed by atoms with Gasteiger partial charge in [0.15, 0.2) is 5.75 Å². The minimum absolute atomic E-state index is 0.276. The largest absolute Gasteiger partial charge is 0.437 e. The Hall–Kier alpha value is -2.10. The van der Waals surface area contributed by atoms with Gasteiger partial charge in [0.05, 0.1) is 5.69 Å². The fraction of sp³-hybridized carbons (Fsp3) is 0.0833. The average Bonchev–Trinajstić information content (AvgIpc) is 2.24. The fourth-order valence-corrected chi connectivity index (χ4v) is 1.28. The van der Waals surface area contributed by atoms with Gasteiger partial charge in [0.2, 0.25) is 5.88 Å². The summed E-state index contributed by atoms with van der Waals surface area (Å²) in [6.07, 6.45) is 0. The van der Waals surface area contributed by atoms with Crippen LogP contribution in [0, 0.1) is 12.7 Å². The van der Waals surface area contributed by atoms with E-state index in [0.717, 1.165) is 5.69 Å². The molecule has 82 valence electrons. The first-order chi connectivity index (χ1) is 7.65. The van der Waals surface area contributed by atoms with Gasteiger partial charge < -0.3 is 10.5 Å². The predicted octanol–water partition coefficient (Wildman–Crippen LogP) is 2.90. The van der Waals surface area contributed by atoms with E-state index < -0.39 is 5.82 Å². The molecule has 2 rings (SSSR count). The van der Waals surface area contributed by atoms with Crippen LogP contribution in [0.4, 0.5) is 10.1 Å². The van der Waals surface area contributed by atoms with E-state index in [-0.39, 0.29) is 5.75 Å². The third-order valence-electron chi connectivity index (χ3n) is 2.05. The molecule has 3 nitrogen and oxygen atoms in total. The summed E-state index contributed by atoms with van der Waals surface area (Å²) in [5.41, 5.74) is 6.86. The maximum absolute atomic E-state index is 13.0. The van der Waals surface area contributed by atoms with Gasteiger partial charge in [-0.15, -0.1) is 0 Å². The number of aryl methyl sites for hydroxylation is 1. The van der Waals surface area contributed by atoms with Gasteiger partial charge in [-0.25, -0.2) is 9.37 Å². The number of benzene rings is 1. The molecule has 1 aromatic heterocycles. The molecular weight excluding hydrogens is 207 g/mol. The van der Waals surface area contributed by atoms with E-state index in [9.17, 15) is 4.39 Å². The minimum atomic E-state index is -0.392. The molecule has 0 fully saturated rings. The molecule has 1 aromatic carbocycles. The normalized spacial score (nSPS) is 10.1. The van der Waals surface area contributed by atoms with Crippen molar-refractivity contribution in [2.45, 2.75) is 6.92 Å². The van der Waals surface area contributed by atoms with Crippen LogP contribution in [0.5, 0.6) is 11.6 Å². The lowest BCUT2D eigenvalue weighted by Crippen LogP contribution is -1.94. The molecule has 4 heteroatoms. The van der Waals surface area contributed by atoms with Crippen molar-refractivity contribution < 1.29 is 9.13 Å². The molecule has 0 atom stereocenters. The van der Waals surface area contributed by atoms with Crippen LogP contribution < -0.4 is 10.5 Å². The van der Waals surface area contributed by atoms with Crippen LogP contribution in [0.3, 0.4) is 0 Å².